The summed E-state index contributed by atoms with van der Waals surface area (Å²) >= 11 is 0. The lowest BCUT2D eigenvalue weighted by Gasteiger charge is -2.10. The molecule has 1 amide bonds. The lowest BCUT2D eigenvalue weighted by Crippen LogP contribution is -2.13. The van der Waals surface area contributed by atoms with Gasteiger partial charge in [-0.1, -0.05) is 0 Å². The van der Waals surface area contributed by atoms with Crippen LogP contribution in [0.5, 0.6) is 5.75 Å². The second-order valence-corrected chi connectivity index (χ2v) is 4.50. The molecule has 0 aliphatic rings. The zero-order chi connectivity index (χ0) is 14.7. The lowest BCUT2D eigenvalue weighted by molar-refractivity contribution is 0.102. The lowest BCUT2D eigenvalue weighted by atomic mass is 10.1. The number of anilines is 2. The average Bonchev–Trinajstić information content (AvgIpc) is 2.42. The Morgan fingerprint density at radius 1 is 1.25 bits per heavy atom. The van der Waals surface area contributed by atoms with E-state index in [-0.39, 0.29) is 5.91 Å². The van der Waals surface area contributed by atoms with Crippen molar-refractivity contribution in [2.24, 2.45) is 0 Å². The monoisotopic (exact) mass is 271 g/mol. The average molecular weight is 271 g/mol. The predicted molar refractivity (Wildman–Crippen MR) is 79.1 cm³/mol. The Bertz CT molecular complexity index is 654. The van der Waals surface area contributed by atoms with Gasteiger partial charge in [-0.15, -0.1) is 0 Å². The molecule has 0 bridgehead atoms. The van der Waals surface area contributed by atoms with Crippen LogP contribution in [0, 0.1) is 13.8 Å². The topological polar surface area (TPSA) is 77.2 Å². The van der Waals surface area contributed by atoms with Crippen LogP contribution in [0.3, 0.4) is 0 Å². The van der Waals surface area contributed by atoms with Crippen molar-refractivity contribution < 1.29 is 9.53 Å². The molecule has 0 aliphatic heterocycles. The number of carbonyl (C=O) groups is 1. The molecule has 0 unspecified atom stereocenters. The van der Waals surface area contributed by atoms with Crippen LogP contribution in [-0.4, -0.2) is 18.0 Å². The summed E-state index contributed by atoms with van der Waals surface area (Å²) in [6.07, 6.45) is 0. The van der Waals surface area contributed by atoms with E-state index >= 15 is 0 Å². The number of rotatable bonds is 3. The van der Waals surface area contributed by atoms with E-state index in [0.29, 0.717) is 22.7 Å². The number of hydrogen-bond acceptors (Lipinski definition) is 4. The molecular weight excluding hydrogens is 254 g/mol. The molecule has 1 aromatic heterocycles. The summed E-state index contributed by atoms with van der Waals surface area (Å²) in [6, 6.07) is 8.61. The maximum Gasteiger partial charge on any atom is 0.255 e. The molecule has 104 valence electrons. The van der Waals surface area contributed by atoms with Crippen LogP contribution in [0.25, 0.3) is 0 Å². The van der Waals surface area contributed by atoms with Gasteiger partial charge in [-0.3, -0.25) is 9.78 Å². The van der Waals surface area contributed by atoms with Gasteiger partial charge in [-0.25, -0.2) is 0 Å². The summed E-state index contributed by atoms with van der Waals surface area (Å²) in [6.45, 7) is 3.76. The summed E-state index contributed by atoms with van der Waals surface area (Å²) < 4.78 is 5.11. The van der Waals surface area contributed by atoms with E-state index < -0.39 is 0 Å². The molecular formula is C15H17N3O2. The maximum atomic E-state index is 12.2. The SMILES string of the molecule is COc1cc(C(=O)Nc2ccc(C)nc2C)ccc1N. The first kappa shape index (κ1) is 13.9. The fraction of sp³-hybridized carbons (Fsp3) is 0.200. The van der Waals surface area contributed by atoms with Crippen molar-refractivity contribution in [1.82, 2.24) is 4.98 Å². The van der Waals surface area contributed by atoms with Crippen LogP contribution in [0.4, 0.5) is 11.4 Å². The third-order valence-corrected chi connectivity index (χ3v) is 2.97. The molecule has 0 saturated heterocycles. The largest absolute Gasteiger partial charge is 0.495 e. The van der Waals surface area contributed by atoms with Crippen molar-refractivity contribution in [3.63, 3.8) is 0 Å². The number of ether oxygens (including phenoxy) is 1. The number of nitrogens with two attached hydrogens (primary N) is 1. The van der Waals surface area contributed by atoms with Crippen LogP contribution < -0.4 is 15.8 Å². The van der Waals surface area contributed by atoms with Gasteiger partial charge in [0.05, 0.1) is 24.2 Å². The number of benzene rings is 1. The van der Waals surface area contributed by atoms with Gasteiger partial charge in [0.15, 0.2) is 0 Å². The number of pyridine rings is 1. The first-order valence-electron chi connectivity index (χ1n) is 6.20. The fourth-order valence-electron chi connectivity index (χ4n) is 1.87. The van der Waals surface area contributed by atoms with Gasteiger partial charge in [-0.05, 0) is 44.2 Å². The van der Waals surface area contributed by atoms with Gasteiger partial charge in [0.2, 0.25) is 0 Å². The Hall–Kier alpha value is -2.56. The number of amides is 1. The van der Waals surface area contributed by atoms with E-state index in [1.807, 2.05) is 26.0 Å². The molecule has 5 nitrogen and oxygen atoms in total. The quantitative estimate of drug-likeness (QED) is 0.841. The van der Waals surface area contributed by atoms with Gasteiger partial charge in [0.1, 0.15) is 5.75 Å². The molecule has 3 N–H and O–H groups in total. The summed E-state index contributed by atoms with van der Waals surface area (Å²) in [5, 5.41) is 2.83. The fourth-order valence-corrected chi connectivity index (χ4v) is 1.87. The van der Waals surface area contributed by atoms with E-state index in [9.17, 15) is 4.79 Å². The standard InChI is InChI=1S/C15H17N3O2/c1-9-4-7-13(10(2)17-9)18-15(19)11-5-6-12(16)14(8-11)20-3/h4-8H,16H2,1-3H3,(H,18,19). The molecule has 0 spiro atoms. The van der Waals surface area contributed by atoms with Crippen molar-refractivity contribution in [1.29, 1.82) is 0 Å². The van der Waals surface area contributed by atoms with Crippen LogP contribution in [-0.2, 0) is 0 Å². The van der Waals surface area contributed by atoms with Gasteiger partial charge >= 0.3 is 0 Å². The minimum absolute atomic E-state index is 0.225. The number of nitrogens with zero attached hydrogens (tertiary/aromatic N) is 1. The van der Waals surface area contributed by atoms with Crippen LogP contribution in [0.2, 0.25) is 0 Å². The molecule has 0 atom stereocenters. The van der Waals surface area contributed by atoms with E-state index in [2.05, 4.69) is 10.3 Å². The molecule has 0 fully saturated rings. The first-order valence-corrected chi connectivity index (χ1v) is 6.20. The Morgan fingerprint density at radius 3 is 2.65 bits per heavy atom. The zero-order valence-corrected chi connectivity index (χ0v) is 11.7. The van der Waals surface area contributed by atoms with Crippen LogP contribution >= 0.6 is 0 Å². The van der Waals surface area contributed by atoms with Gasteiger partial charge < -0.3 is 15.8 Å². The third-order valence-electron chi connectivity index (χ3n) is 2.97. The van der Waals surface area contributed by atoms with Crippen molar-refractivity contribution in [2.45, 2.75) is 13.8 Å². The number of nitrogen functional groups attached to an aromatic ring is 1. The van der Waals surface area contributed by atoms with E-state index in [0.717, 1.165) is 11.4 Å². The van der Waals surface area contributed by atoms with E-state index in [1.165, 1.54) is 7.11 Å². The summed E-state index contributed by atoms with van der Waals surface area (Å²) in [4.78, 5) is 16.5. The first-order chi connectivity index (χ1) is 9.51. The molecule has 1 aromatic carbocycles. The highest BCUT2D eigenvalue weighted by Crippen LogP contribution is 2.23. The smallest absolute Gasteiger partial charge is 0.255 e. The number of hydrogen-bond donors (Lipinski definition) is 2. The Morgan fingerprint density at radius 2 is 2.00 bits per heavy atom. The highest BCUT2D eigenvalue weighted by atomic mass is 16.5. The Labute approximate surface area is 117 Å². The summed E-state index contributed by atoms with van der Waals surface area (Å²) in [5.41, 5.74) is 9.09. The molecule has 0 saturated carbocycles. The van der Waals surface area contributed by atoms with Gasteiger partial charge in [-0.2, -0.15) is 0 Å². The Kier molecular flexibility index (Phi) is 3.89. The van der Waals surface area contributed by atoms with Gasteiger partial charge in [0.25, 0.3) is 5.91 Å². The van der Waals surface area contributed by atoms with E-state index in [1.54, 1.807) is 18.2 Å². The minimum Gasteiger partial charge on any atom is -0.495 e. The minimum atomic E-state index is -0.225. The molecule has 5 heteroatoms. The molecule has 20 heavy (non-hydrogen) atoms. The molecule has 2 rings (SSSR count). The number of nitrogens with one attached hydrogen (secondary N) is 1. The highest BCUT2D eigenvalue weighted by molar-refractivity contribution is 6.05. The van der Waals surface area contributed by atoms with E-state index in [4.69, 9.17) is 10.5 Å². The Balaban J connectivity index is 2.24. The zero-order valence-electron chi connectivity index (χ0n) is 11.7. The molecule has 1 heterocycles. The number of aromatic nitrogens is 1. The molecule has 0 radical (unpaired) electrons. The second kappa shape index (κ2) is 5.61. The number of aryl methyl sites for hydroxylation is 2. The third kappa shape index (κ3) is 2.88. The second-order valence-electron chi connectivity index (χ2n) is 4.50. The number of methoxy groups -OCH3 is 1. The van der Waals surface area contributed by atoms with Crippen molar-refractivity contribution in [3.05, 3.63) is 47.3 Å². The predicted octanol–water partition coefficient (Wildman–Crippen LogP) is 2.54. The maximum absolute atomic E-state index is 12.2. The van der Waals surface area contributed by atoms with Crippen LogP contribution in [0.15, 0.2) is 30.3 Å². The van der Waals surface area contributed by atoms with Crippen LogP contribution in [0.1, 0.15) is 21.7 Å². The van der Waals surface area contributed by atoms with Crippen molar-refractivity contribution in [3.8, 4) is 5.75 Å². The summed E-state index contributed by atoms with van der Waals surface area (Å²) in [7, 11) is 1.52. The van der Waals surface area contributed by atoms with Gasteiger partial charge in [0, 0.05) is 11.3 Å². The number of carbonyl (C=O) groups excluding carboxylic acids is 1. The highest BCUT2D eigenvalue weighted by Gasteiger charge is 2.10. The summed E-state index contributed by atoms with van der Waals surface area (Å²) in [5.74, 6) is 0.258. The normalized spacial score (nSPS) is 10.2. The van der Waals surface area contributed by atoms with Crippen molar-refractivity contribution in [2.75, 3.05) is 18.2 Å². The molecule has 2 aromatic rings. The van der Waals surface area contributed by atoms with Crippen molar-refractivity contribution >= 4 is 17.3 Å². The molecule has 0 aliphatic carbocycles.